The first-order chi connectivity index (χ1) is 13.4. The Balaban J connectivity index is 1.96. The minimum atomic E-state index is -0.972. The monoisotopic (exact) mass is 377 g/mol. The highest BCUT2D eigenvalue weighted by atomic mass is 16.5. The Hall–Kier alpha value is -3.34. The SMILES string of the molecule is C=CCC(C)(CC)c1cc(-c2cc(-c3ccc(C(=O)O)cc3)on2)ccc1O. The van der Waals surface area contributed by atoms with Gasteiger partial charge in [-0.25, -0.2) is 4.79 Å². The van der Waals surface area contributed by atoms with E-state index in [2.05, 4.69) is 25.6 Å². The summed E-state index contributed by atoms with van der Waals surface area (Å²) < 4.78 is 5.46. The van der Waals surface area contributed by atoms with Gasteiger partial charge in [-0.3, -0.25) is 0 Å². The number of aromatic nitrogens is 1. The number of rotatable bonds is 7. The van der Waals surface area contributed by atoms with Gasteiger partial charge in [0.15, 0.2) is 5.76 Å². The molecule has 5 heteroatoms. The largest absolute Gasteiger partial charge is 0.508 e. The molecule has 28 heavy (non-hydrogen) atoms. The minimum absolute atomic E-state index is 0.215. The lowest BCUT2D eigenvalue weighted by atomic mass is 9.76. The van der Waals surface area contributed by atoms with Gasteiger partial charge >= 0.3 is 5.97 Å². The molecule has 0 spiro atoms. The lowest BCUT2D eigenvalue weighted by Crippen LogP contribution is -2.20. The molecule has 3 aromatic rings. The number of hydrogen-bond donors (Lipinski definition) is 2. The van der Waals surface area contributed by atoms with Gasteiger partial charge in [-0.15, -0.1) is 6.58 Å². The first-order valence-electron chi connectivity index (χ1n) is 9.13. The Morgan fingerprint density at radius 3 is 2.46 bits per heavy atom. The van der Waals surface area contributed by atoms with Crippen molar-refractivity contribution >= 4 is 5.97 Å². The van der Waals surface area contributed by atoms with E-state index in [-0.39, 0.29) is 16.7 Å². The first-order valence-corrected chi connectivity index (χ1v) is 9.13. The molecule has 0 saturated carbocycles. The summed E-state index contributed by atoms with van der Waals surface area (Å²) in [4.78, 5) is 11.0. The number of carbonyl (C=O) groups is 1. The highest BCUT2D eigenvalue weighted by Crippen LogP contribution is 2.39. The molecule has 1 atom stereocenters. The number of hydrogen-bond acceptors (Lipinski definition) is 4. The topological polar surface area (TPSA) is 83.6 Å². The molecular formula is C23H23NO4. The second-order valence-corrected chi connectivity index (χ2v) is 7.10. The van der Waals surface area contributed by atoms with E-state index >= 15 is 0 Å². The smallest absolute Gasteiger partial charge is 0.335 e. The standard InChI is InChI=1S/C23H23NO4/c1-4-12-23(3,5-2)18-13-17(10-11-20(18)25)19-14-21(28-24-19)15-6-8-16(9-7-15)22(26)27/h4,6-11,13-14,25H,1,5,12H2,2-3H3,(H,26,27). The summed E-state index contributed by atoms with van der Waals surface area (Å²) in [5.74, 6) is -0.172. The molecule has 1 heterocycles. The lowest BCUT2D eigenvalue weighted by Gasteiger charge is -2.28. The third kappa shape index (κ3) is 3.69. The molecule has 2 N–H and O–H groups in total. The normalized spacial score (nSPS) is 13.1. The Morgan fingerprint density at radius 1 is 1.18 bits per heavy atom. The van der Waals surface area contributed by atoms with Gasteiger partial charge in [0.1, 0.15) is 11.4 Å². The van der Waals surface area contributed by atoms with Crippen LogP contribution in [0.4, 0.5) is 0 Å². The molecule has 0 aliphatic rings. The van der Waals surface area contributed by atoms with Crippen molar-refractivity contribution in [3.05, 3.63) is 72.3 Å². The fraction of sp³-hybridized carbons (Fsp3) is 0.217. The Kier molecular flexibility index (Phi) is 5.36. The molecule has 0 aliphatic carbocycles. The zero-order chi connectivity index (χ0) is 20.3. The third-order valence-corrected chi connectivity index (χ3v) is 5.24. The lowest BCUT2D eigenvalue weighted by molar-refractivity contribution is 0.0697. The van der Waals surface area contributed by atoms with Crippen LogP contribution in [0.25, 0.3) is 22.6 Å². The molecule has 3 rings (SSSR count). The molecule has 0 aliphatic heterocycles. The highest BCUT2D eigenvalue weighted by Gasteiger charge is 2.27. The molecule has 0 radical (unpaired) electrons. The number of phenols is 1. The first kappa shape index (κ1) is 19.4. The quantitative estimate of drug-likeness (QED) is 0.519. The Bertz CT molecular complexity index is 1000. The van der Waals surface area contributed by atoms with E-state index in [4.69, 9.17) is 9.63 Å². The van der Waals surface area contributed by atoms with Crippen LogP contribution in [0.5, 0.6) is 5.75 Å². The molecule has 5 nitrogen and oxygen atoms in total. The van der Waals surface area contributed by atoms with Crippen molar-refractivity contribution in [3.8, 4) is 28.3 Å². The van der Waals surface area contributed by atoms with E-state index in [1.54, 1.807) is 24.3 Å². The van der Waals surface area contributed by atoms with Gasteiger partial charge in [-0.2, -0.15) is 0 Å². The second kappa shape index (κ2) is 7.72. The molecular weight excluding hydrogens is 354 g/mol. The van der Waals surface area contributed by atoms with Crippen LogP contribution in [-0.4, -0.2) is 21.3 Å². The predicted octanol–water partition coefficient (Wildman–Crippen LogP) is 5.66. The van der Waals surface area contributed by atoms with Crippen molar-refractivity contribution < 1.29 is 19.5 Å². The summed E-state index contributed by atoms with van der Waals surface area (Å²) in [6.07, 6.45) is 3.47. The van der Waals surface area contributed by atoms with Crippen molar-refractivity contribution in [2.24, 2.45) is 0 Å². The van der Waals surface area contributed by atoms with Gasteiger partial charge in [0.05, 0.1) is 5.56 Å². The maximum Gasteiger partial charge on any atom is 0.335 e. The number of carboxylic acid groups (broad SMARTS) is 1. The summed E-state index contributed by atoms with van der Waals surface area (Å²) in [5, 5.41) is 23.6. The zero-order valence-corrected chi connectivity index (χ0v) is 16.0. The van der Waals surface area contributed by atoms with Crippen molar-refractivity contribution in [1.29, 1.82) is 0 Å². The van der Waals surface area contributed by atoms with Gasteiger partial charge in [-0.05, 0) is 48.6 Å². The van der Waals surface area contributed by atoms with E-state index < -0.39 is 5.97 Å². The number of phenolic OH excluding ortho intramolecular Hbond substituents is 1. The van der Waals surface area contributed by atoms with Crippen LogP contribution in [0, 0.1) is 0 Å². The van der Waals surface area contributed by atoms with E-state index in [0.29, 0.717) is 11.5 Å². The van der Waals surface area contributed by atoms with Crippen molar-refractivity contribution in [3.63, 3.8) is 0 Å². The van der Waals surface area contributed by atoms with Crippen LogP contribution < -0.4 is 0 Å². The van der Waals surface area contributed by atoms with E-state index in [9.17, 15) is 9.90 Å². The van der Waals surface area contributed by atoms with Crippen LogP contribution in [0.1, 0.15) is 42.6 Å². The molecule has 0 bridgehead atoms. The van der Waals surface area contributed by atoms with Crippen molar-refractivity contribution in [2.45, 2.75) is 32.1 Å². The van der Waals surface area contributed by atoms with Gasteiger partial charge in [0, 0.05) is 22.8 Å². The van der Waals surface area contributed by atoms with Gasteiger partial charge in [0.2, 0.25) is 0 Å². The molecule has 1 aromatic heterocycles. The van der Waals surface area contributed by atoms with E-state index in [0.717, 1.165) is 29.5 Å². The zero-order valence-electron chi connectivity index (χ0n) is 16.0. The number of benzene rings is 2. The Labute approximate surface area is 163 Å². The molecule has 1 unspecified atom stereocenters. The summed E-state index contributed by atoms with van der Waals surface area (Å²) in [7, 11) is 0. The number of nitrogens with zero attached hydrogens (tertiary/aromatic N) is 1. The average Bonchev–Trinajstić information content (AvgIpc) is 3.18. The van der Waals surface area contributed by atoms with Crippen molar-refractivity contribution in [1.82, 2.24) is 5.16 Å². The summed E-state index contributed by atoms with van der Waals surface area (Å²) in [6, 6.07) is 13.7. The van der Waals surface area contributed by atoms with E-state index in [1.165, 1.54) is 12.1 Å². The molecule has 0 saturated heterocycles. The average molecular weight is 377 g/mol. The molecule has 0 amide bonds. The Morgan fingerprint density at radius 2 is 1.86 bits per heavy atom. The van der Waals surface area contributed by atoms with Crippen LogP contribution in [0.3, 0.4) is 0 Å². The van der Waals surface area contributed by atoms with Crippen LogP contribution in [-0.2, 0) is 5.41 Å². The number of carboxylic acids is 1. The molecule has 144 valence electrons. The second-order valence-electron chi connectivity index (χ2n) is 7.10. The van der Waals surface area contributed by atoms with Crippen LogP contribution >= 0.6 is 0 Å². The number of allylic oxidation sites excluding steroid dienone is 1. The maximum atomic E-state index is 11.0. The summed E-state index contributed by atoms with van der Waals surface area (Å²) in [5.41, 5.74) is 3.08. The molecule has 0 fully saturated rings. The van der Waals surface area contributed by atoms with Crippen molar-refractivity contribution in [2.75, 3.05) is 0 Å². The third-order valence-electron chi connectivity index (χ3n) is 5.24. The van der Waals surface area contributed by atoms with Gasteiger partial charge < -0.3 is 14.7 Å². The number of aromatic hydroxyl groups is 1. The highest BCUT2D eigenvalue weighted by molar-refractivity contribution is 5.88. The van der Waals surface area contributed by atoms with Crippen LogP contribution in [0.15, 0.2) is 65.7 Å². The van der Waals surface area contributed by atoms with Gasteiger partial charge in [-0.1, -0.05) is 37.2 Å². The fourth-order valence-corrected chi connectivity index (χ4v) is 3.27. The maximum absolute atomic E-state index is 11.0. The summed E-state index contributed by atoms with van der Waals surface area (Å²) >= 11 is 0. The van der Waals surface area contributed by atoms with Crippen LogP contribution in [0.2, 0.25) is 0 Å². The fourth-order valence-electron chi connectivity index (χ4n) is 3.27. The summed E-state index contributed by atoms with van der Waals surface area (Å²) in [6.45, 7) is 8.03. The predicted molar refractivity (Wildman–Crippen MR) is 108 cm³/mol. The van der Waals surface area contributed by atoms with Gasteiger partial charge in [0.25, 0.3) is 0 Å². The minimum Gasteiger partial charge on any atom is -0.508 e. The number of aromatic carboxylic acids is 1. The van der Waals surface area contributed by atoms with E-state index in [1.807, 2.05) is 18.2 Å². The molecule has 2 aromatic carbocycles.